The first kappa shape index (κ1) is 12.5. The molecule has 0 saturated carbocycles. The summed E-state index contributed by atoms with van der Waals surface area (Å²) in [5.41, 5.74) is 1.01. The van der Waals surface area contributed by atoms with Crippen LogP contribution in [0.15, 0.2) is 12.7 Å². The molecule has 0 aromatic rings. The second-order valence-corrected chi connectivity index (χ2v) is 7.97. The normalized spacial score (nSPS) is 24.4. The molecule has 1 fully saturated rings. The van der Waals surface area contributed by atoms with Crippen LogP contribution in [0.2, 0.25) is 5.54 Å². The third-order valence-corrected chi connectivity index (χ3v) is 6.59. The maximum atomic E-state index is 11.5. The smallest absolute Gasteiger partial charge is 0.216 e. The number of rotatable bonds is 4. The second kappa shape index (κ2) is 4.52. The van der Waals surface area contributed by atoms with Crippen LogP contribution in [0, 0.1) is 5.41 Å². The van der Waals surface area contributed by atoms with Crippen LogP contribution in [0.1, 0.15) is 40.5 Å². The predicted molar refractivity (Wildman–Crippen MR) is 67.5 cm³/mol. The summed E-state index contributed by atoms with van der Waals surface area (Å²) < 4.78 is 2.15. The van der Waals surface area contributed by atoms with Gasteiger partial charge in [-0.15, -0.1) is 6.58 Å². The molecule has 1 heterocycles. The van der Waals surface area contributed by atoms with Gasteiger partial charge in [0.2, 0.25) is 5.91 Å². The van der Waals surface area contributed by atoms with E-state index in [0.717, 1.165) is 12.8 Å². The van der Waals surface area contributed by atoms with E-state index in [-0.39, 0.29) is 0 Å². The van der Waals surface area contributed by atoms with Crippen LogP contribution >= 0.6 is 0 Å². The highest BCUT2D eigenvalue weighted by Gasteiger charge is 2.37. The van der Waals surface area contributed by atoms with Gasteiger partial charge in [0.25, 0.3) is 0 Å². The molecule has 0 bridgehead atoms. The van der Waals surface area contributed by atoms with E-state index in [0.29, 0.717) is 22.9 Å². The molecule has 0 radical (unpaired) electrons. The van der Waals surface area contributed by atoms with Crippen molar-refractivity contribution < 1.29 is 4.79 Å². The zero-order valence-corrected chi connectivity index (χ0v) is 11.8. The zero-order chi connectivity index (χ0) is 11.6. The summed E-state index contributed by atoms with van der Waals surface area (Å²) in [6.07, 6.45) is 3.64. The van der Waals surface area contributed by atoms with Gasteiger partial charge < -0.3 is 4.57 Å². The monoisotopic (exact) mass is 225 g/mol. The summed E-state index contributed by atoms with van der Waals surface area (Å²) in [4.78, 5) is 11.5. The molecule has 0 aromatic carbocycles. The van der Waals surface area contributed by atoms with E-state index in [1.165, 1.54) is 0 Å². The first-order chi connectivity index (χ1) is 6.86. The Morgan fingerprint density at radius 2 is 2.27 bits per heavy atom. The van der Waals surface area contributed by atoms with Gasteiger partial charge in [-0.1, -0.05) is 33.8 Å². The van der Waals surface area contributed by atoms with E-state index >= 15 is 0 Å². The van der Waals surface area contributed by atoms with Crippen molar-refractivity contribution in [3.8, 4) is 0 Å². The SMILES string of the molecule is C=CCC1CC(=O)N1[SiH2]C(C)C(C)(C)C. The molecule has 15 heavy (non-hydrogen) atoms. The number of hydrogen-bond acceptors (Lipinski definition) is 1. The van der Waals surface area contributed by atoms with E-state index in [1.807, 2.05) is 6.08 Å². The molecule has 1 rings (SSSR count). The van der Waals surface area contributed by atoms with Gasteiger partial charge in [0.15, 0.2) is 0 Å². The third kappa shape index (κ3) is 2.94. The standard InChI is InChI=1S/C12H23NOSi/c1-6-7-10-8-11(14)13(10)15-9(2)12(3,4)5/h6,9-10H,1,7-8,15H2,2-5H3. The van der Waals surface area contributed by atoms with Crippen LogP contribution in [0.5, 0.6) is 0 Å². The molecule has 2 unspecified atom stereocenters. The Bertz CT molecular complexity index is 255. The van der Waals surface area contributed by atoms with Crippen molar-refractivity contribution in [2.75, 3.05) is 0 Å². The quantitative estimate of drug-likeness (QED) is 0.408. The van der Waals surface area contributed by atoms with Gasteiger partial charge in [0.05, 0.1) is 0 Å². The highest BCUT2D eigenvalue weighted by Crippen LogP contribution is 2.33. The van der Waals surface area contributed by atoms with Crippen LogP contribution in [0.4, 0.5) is 0 Å². The van der Waals surface area contributed by atoms with Crippen LogP contribution in [0.3, 0.4) is 0 Å². The van der Waals surface area contributed by atoms with E-state index < -0.39 is 9.68 Å². The van der Waals surface area contributed by atoms with Gasteiger partial charge >= 0.3 is 0 Å². The van der Waals surface area contributed by atoms with E-state index in [2.05, 4.69) is 38.8 Å². The Kier molecular flexibility index (Phi) is 3.76. The molecule has 2 nitrogen and oxygen atoms in total. The lowest BCUT2D eigenvalue weighted by Crippen LogP contribution is -2.55. The molecule has 2 atom stereocenters. The maximum Gasteiger partial charge on any atom is 0.216 e. The predicted octanol–water partition coefficient (Wildman–Crippen LogP) is 2.10. The third-order valence-electron chi connectivity index (χ3n) is 3.56. The summed E-state index contributed by atoms with van der Waals surface area (Å²) in [6, 6.07) is 0.478. The number of hydrogen-bond donors (Lipinski definition) is 0. The Morgan fingerprint density at radius 3 is 2.67 bits per heavy atom. The van der Waals surface area contributed by atoms with Crippen LogP contribution < -0.4 is 0 Å². The maximum absolute atomic E-state index is 11.5. The van der Waals surface area contributed by atoms with Gasteiger partial charge in [0, 0.05) is 12.5 Å². The summed E-state index contributed by atoms with van der Waals surface area (Å²) in [5.74, 6) is 0.365. The van der Waals surface area contributed by atoms with E-state index in [9.17, 15) is 4.79 Å². The molecule has 0 aromatic heterocycles. The molecular weight excluding hydrogens is 202 g/mol. The number of nitrogens with zero attached hydrogens (tertiary/aromatic N) is 1. The van der Waals surface area contributed by atoms with Crippen molar-refractivity contribution in [3.05, 3.63) is 12.7 Å². The number of amides is 1. The number of carbonyl (C=O) groups is 1. The topological polar surface area (TPSA) is 20.3 Å². The molecule has 1 aliphatic heterocycles. The molecule has 1 aliphatic rings. The Hall–Kier alpha value is -0.573. The number of β-lactam (4-membered cyclic amide) rings is 1. The molecular formula is C12H23NOSi. The Labute approximate surface area is 95.6 Å². The highest BCUT2D eigenvalue weighted by atomic mass is 28.2. The average molecular weight is 225 g/mol. The summed E-state index contributed by atoms with van der Waals surface area (Å²) in [6.45, 7) is 12.8. The van der Waals surface area contributed by atoms with Crippen LogP contribution in [0.25, 0.3) is 0 Å². The minimum atomic E-state index is -0.437. The molecule has 0 N–H and O–H groups in total. The van der Waals surface area contributed by atoms with Crippen LogP contribution in [-0.2, 0) is 4.79 Å². The summed E-state index contributed by atoms with van der Waals surface area (Å²) in [5, 5.41) is 0. The lowest BCUT2D eigenvalue weighted by Gasteiger charge is -2.44. The van der Waals surface area contributed by atoms with Crippen molar-refractivity contribution in [2.24, 2.45) is 5.41 Å². The average Bonchev–Trinajstić information content (AvgIpc) is 2.12. The molecule has 86 valence electrons. The molecule has 1 amide bonds. The zero-order valence-electron chi connectivity index (χ0n) is 10.4. The minimum Gasteiger partial charge on any atom is -0.371 e. The fraction of sp³-hybridized carbons (Fsp3) is 0.750. The molecule has 1 saturated heterocycles. The van der Waals surface area contributed by atoms with Crippen molar-refractivity contribution in [1.82, 2.24) is 4.57 Å². The lowest BCUT2D eigenvalue weighted by atomic mass is 9.93. The van der Waals surface area contributed by atoms with Crippen molar-refractivity contribution in [3.63, 3.8) is 0 Å². The van der Waals surface area contributed by atoms with E-state index in [1.54, 1.807) is 0 Å². The van der Waals surface area contributed by atoms with Gasteiger partial charge in [-0.25, -0.2) is 0 Å². The minimum absolute atomic E-state index is 0.334. The summed E-state index contributed by atoms with van der Waals surface area (Å²) >= 11 is 0. The fourth-order valence-electron chi connectivity index (χ4n) is 1.74. The van der Waals surface area contributed by atoms with Crippen molar-refractivity contribution >= 4 is 15.6 Å². The van der Waals surface area contributed by atoms with E-state index in [4.69, 9.17) is 0 Å². The largest absolute Gasteiger partial charge is 0.371 e. The second-order valence-electron chi connectivity index (χ2n) is 5.70. The lowest BCUT2D eigenvalue weighted by molar-refractivity contribution is -0.138. The fourth-order valence-corrected chi connectivity index (χ4v) is 3.79. The van der Waals surface area contributed by atoms with Crippen molar-refractivity contribution in [2.45, 2.75) is 52.1 Å². The van der Waals surface area contributed by atoms with Gasteiger partial charge in [-0.05, 0) is 17.4 Å². The van der Waals surface area contributed by atoms with Gasteiger partial charge in [-0.3, -0.25) is 4.79 Å². The first-order valence-electron chi connectivity index (χ1n) is 5.76. The van der Waals surface area contributed by atoms with Crippen molar-refractivity contribution in [1.29, 1.82) is 0 Å². The Balaban J connectivity index is 2.50. The highest BCUT2D eigenvalue weighted by molar-refractivity contribution is 6.40. The molecule has 0 spiro atoms. The van der Waals surface area contributed by atoms with Gasteiger partial charge in [0.1, 0.15) is 9.68 Å². The first-order valence-corrected chi connectivity index (χ1v) is 7.21. The number of carbonyl (C=O) groups excluding carboxylic acids is 1. The molecule has 3 heteroatoms. The summed E-state index contributed by atoms with van der Waals surface area (Å²) in [7, 11) is -0.437. The Morgan fingerprint density at radius 1 is 1.67 bits per heavy atom. The molecule has 0 aliphatic carbocycles. The van der Waals surface area contributed by atoms with Gasteiger partial charge in [-0.2, -0.15) is 0 Å². The van der Waals surface area contributed by atoms with Crippen LogP contribution in [-0.4, -0.2) is 26.2 Å².